The smallest absolute Gasteiger partial charge is 0.387 e. The Hall–Kier alpha value is -2.88. The van der Waals surface area contributed by atoms with Gasteiger partial charge in [0.1, 0.15) is 5.75 Å². The standard InChI is InChI=1S/C17H15F2N3O4S/c18-16(19)25-12-5-2-1-4-11(12)7-8-20-14(23)10-27-17-22-21-15(26-17)13-6-3-9-24-13/h1-6,9,16H,7-8,10H2,(H,20,23). The van der Waals surface area contributed by atoms with E-state index in [1.54, 1.807) is 30.3 Å². The Balaban J connectivity index is 1.43. The van der Waals surface area contributed by atoms with Crippen LogP contribution in [0.25, 0.3) is 11.7 Å². The third-order valence-corrected chi connectivity index (χ3v) is 4.19. The van der Waals surface area contributed by atoms with E-state index in [1.165, 1.54) is 12.3 Å². The fourth-order valence-corrected chi connectivity index (χ4v) is 2.80. The molecule has 0 fully saturated rings. The monoisotopic (exact) mass is 395 g/mol. The lowest BCUT2D eigenvalue weighted by Crippen LogP contribution is -2.27. The van der Waals surface area contributed by atoms with Crippen molar-refractivity contribution >= 4 is 17.7 Å². The Labute approximate surface area is 157 Å². The molecule has 1 amide bonds. The van der Waals surface area contributed by atoms with E-state index in [0.717, 1.165) is 11.8 Å². The molecule has 3 rings (SSSR count). The van der Waals surface area contributed by atoms with Gasteiger partial charge in [0.15, 0.2) is 5.76 Å². The van der Waals surface area contributed by atoms with Gasteiger partial charge >= 0.3 is 6.61 Å². The fraction of sp³-hybridized carbons (Fsp3) is 0.235. The lowest BCUT2D eigenvalue weighted by Gasteiger charge is -2.10. The van der Waals surface area contributed by atoms with Crippen molar-refractivity contribution in [3.8, 4) is 17.4 Å². The van der Waals surface area contributed by atoms with Crippen molar-refractivity contribution in [2.24, 2.45) is 0 Å². The van der Waals surface area contributed by atoms with Crippen LogP contribution in [0.15, 0.2) is 56.7 Å². The molecule has 0 bridgehead atoms. The van der Waals surface area contributed by atoms with Gasteiger partial charge in [0, 0.05) is 6.54 Å². The van der Waals surface area contributed by atoms with Gasteiger partial charge in [-0.15, -0.1) is 10.2 Å². The number of hydrogen-bond donors (Lipinski definition) is 1. The zero-order valence-electron chi connectivity index (χ0n) is 13.9. The van der Waals surface area contributed by atoms with Crippen molar-refractivity contribution in [2.75, 3.05) is 12.3 Å². The van der Waals surface area contributed by atoms with Gasteiger partial charge in [-0.1, -0.05) is 30.0 Å². The molecule has 10 heteroatoms. The number of aromatic nitrogens is 2. The number of hydrogen-bond acceptors (Lipinski definition) is 7. The minimum absolute atomic E-state index is 0.0783. The summed E-state index contributed by atoms with van der Waals surface area (Å²) in [4.78, 5) is 11.9. The average Bonchev–Trinajstić information content (AvgIpc) is 3.32. The molecule has 2 heterocycles. The number of rotatable bonds is 9. The minimum atomic E-state index is -2.89. The van der Waals surface area contributed by atoms with Crippen molar-refractivity contribution in [1.82, 2.24) is 15.5 Å². The topological polar surface area (TPSA) is 90.4 Å². The van der Waals surface area contributed by atoms with E-state index in [0.29, 0.717) is 17.7 Å². The molecular formula is C17H15F2N3O4S. The first-order valence-electron chi connectivity index (χ1n) is 7.91. The van der Waals surface area contributed by atoms with E-state index < -0.39 is 6.61 Å². The molecule has 0 aliphatic carbocycles. The second kappa shape index (κ2) is 9.17. The number of carbonyl (C=O) groups excluding carboxylic acids is 1. The van der Waals surface area contributed by atoms with Crippen LogP contribution >= 0.6 is 11.8 Å². The SMILES string of the molecule is O=C(CSc1nnc(-c2ccco2)o1)NCCc1ccccc1OC(F)F. The van der Waals surface area contributed by atoms with Gasteiger partial charge in [-0.25, -0.2) is 0 Å². The third kappa shape index (κ3) is 5.55. The first-order valence-corrected chi connectivity index (χ1v) is 8.90. The Bertz CT molecular complexity index is 871. The van der Waals surface area contributed by atoms with Crippen molar-refractivity contribution in [2.45, 2.75) is 18.3 Å². The summed E-state index contributed by atoms with van der Waals surface area (Å²) >= 11 is 1.09. The van der Waals surface area contributed by atoms with Crippen LogP contribution in [0, 0.1) is 0 Å². The van der Waals surface area contributed by atoms with Gasteiger partial charge in [-0.3, -0.25) is 4.79 Å². The van der Waals surface area contributed by atoms with Gasteiger partial charge in [-0.2, -0.15) is 8.78 Å². The van der Waals surface area contributed by atoms with Crippen LogP contribution in [-0.2, 0) is 11.2 Å². The molecule has 7 nitrogen and oxygen atoms in total. The maximum atomic E-state index is 12.4. The number of carbonyl (C=O) groups is 1. The molecule has 1 N–H and O–H groups in total. The molecule has 0 saturated heterocycles. The summed E-state index contributed by atoms with van der Waals surface area (Å²) in [6.07, 6.45) is 1.85. The van der Waals surface area contributed by atoms with Crippen LogP contribution in [0.1, 0.15) is 5.56 Å². The van der Waals surface area contributed by atoms with Crippen molar-refractivity contribution < 1.29 is 27.1 Å². The Morgan fingerprint density at radius 2 is 2.07 bits per heavy atom. The van der Waals surface area contributed by atoms with E-state index in [1.807, 2.05) is 0 Å². The lowest BCUT2D eigenvalue weighted by molar-refractivity contribution is -0.118. The van der Waals surface area contributed by atoms with E-state index in [4.69, 9.17) is 8.83 Å². The molecule has 0 spiro atoms. The van der Waals surface area contributed by atoms with Crippen LogP contribution in [0.2, 0.25) is 0 Å². The molecule has 0 aliphatic heterocycles. The van der Waals surface area contributed by atoms with Crippen molar-refractivity contribution in [1.29, 1.82) is 0 Å². The molecule has 27 heavy (non-hydrogen) atoms. The molecular weight excluding hydrogens is 380 g/mol. The predicted molar refractivity (Wildman–Crippen MR) is 92.5 cm³/mol. The summed E-state index contributed by atoms with van der Waals surface area (Å²) in [5.74, 6) is 0.620. The van der Waals surface area contributed by atoms with Crippen molar-refractivity contribution in [3.05, 3.63) is 48.2 Å². The van der Waals surface area contributed by atoms with Gasteiger partial charge in [-0.05, 0) is 30.2 Å². The van der Waals surface area contributed by atoms with Crippen molar-refractivity contribution in [3.63, 3.8) is 0 Å². The number of alkyl halides is 2. The van der Waals surface area contributed by atoms with Crippen LogP contribution in [0.4, 0.5) is 8.78 Å². The lowest BCUT2D eigenvalue weighted by atomic mass is 10.1. The first kappa shape index (κ1) is 18.9. The number of amides is 1. The van der Waals surface area contributed by atoms with Gasteiger partial charge in [0.25, 0.3) is 11.1 Å². The number of furan rings is 1. The highest BCUT2D eigenvalue weighted by atomic mass is 32.2. The van der Waals surface area contributed by atoms with Gasteiger partial charge in [0.05, 0.1) is 12.0 Å². The Morgan fingerprint density at radius 3 is 2.85 bits per heavy atom. The summed E-state index contributed by atoms with van der Waals surface area (Å²) < 4.78 is 39.8. The second-order valence-electron chi connectivity index (χ2n) is 5.23. The Morgan fingerprint density at radius 1 is 1.22 bits per heavy atom. The van der Waals surface area contributed by atoms with Crippen LogP contribution < -0.4 is 10.1 Å². The van der Waals surface area contributed by atoms with E-state index in [2.05, 4.69) is 20.3 Å². The predicted octanol–water partition coefficient (Wildman–Crippen LogP) is 3.38. The highest BCUT2D eigenvalue weighted by Gasteiger charge is 2.13. The average molecular weight is 395 g/mol. The minimum Gasteiger partial charge on any atom is -0.459 e. The van der Waals surface area contributed by atoms with Gasteiger partial charge in [0.2, 0.25) is 5.91 Å². The quantitative estimate of drug-likeness (QED) is 0.556. The molecule has 1 aromatic carbocycles. The molecule has 3 aromatic rings. The highest BCUT2D eigenvalue weighted by Crippen LogP contribution is 2.23. The maximum Gasteiger partial charge on any atom is 0.387 e. The Kier molecular flexibility index (Phi) is 6.42. The van der Waals surface area contributed by atoms with Crippen LogP contribution in [0.3, 0.4) is 0 Å². The number of thioether (sulfide) groups is 1. The summed E-state index contributed by atoms with van der Waals surface area (Å²) in [6.45, 7) is -2.61. The third-order valence-electron chi connectivity index (χ3n) is 3.37. The van der Waals surface area contributed by atoms with Gasteiger partial charge < -0.3 is 18.9 Å². The normalized spacial score (nSPS) is 10.9. The van der Waals surface area contributed by atoms with Crippen LogP contribution in [0.5, 0.6) is 5.75 Å². The number of halogens is 2. The zero-order chi connectivity index (χ0) is 19.1. The molecule has 0 saturated carbocycles. The number of nitrogens with zero attached hydrogens (tertiary/aromatic N) is 2. The number of nitrogens with one attached hydrogen (secondary N) is 1. The molecule has 0 unspecified atom stereocenters. The summed E-state index contributed by atoms with van der Waals surface area (Å²) in [5, 5.41) is 10.6. The number of ether oxygens (including phenoxy) is 1. The molecule has 142 valence electrons. The maximum absolute atomic E-state index is 12.4. The largest absolute Gasteiger partial charge is 0.459 e. The summed E-state index contributed by atoms with van der Waals surface area (Å²) in [7, 11) is 0. The molecule has 2 aromatic heterocycles. The second-order valence-corrected chi connectivity index (χ2v) is 6.15. The highest BCUT2D eigenvalue weighted by molar-refractivity contribution is 7.99. The zero-order valence-corrected chi connectivity index (χ0v) is 14.7. The summed E-state index contributed by atoms with van der Waals surface area (Å²) in [5.41, 5.74) is 0.589. The fourth-order valence-electron chi connectivity index (χ4n) is 2.20. The number of benzene rings is 1. The number of para-hydroxylation sites is 1. The van der Waals surface area contributed by atoms with E-state index in [-0.39, 0.29) is 35.1 Å². The van der Waals surface area contributed by atoms with Crippen LogP contribution in [-0.4, -0.2) is 35.0 Å². The molecule has 0 radical (unpaired) electrons. The first-order chi connectivity index (χ1) is 13.1. The molecule has 0 atom stereocenters. The summed E-state index contributed by atoms with van der Waals surface area (Å²) in [6, 6.07) is 9.85. The molecule has 0 aliphatic rings. The van der Waals surface area contributed by atoms with E-state index in [9.17, 15) is 13.6 Å². The van der Waals surface area contributed by atoms with E-state index >= 15 is 0 Å².